The Morgan fingerprint density at radius 1 is 1.08 bits per heavy atom. The summed E-state index contributed by atoms with van der Waals surface area (Å²) >= 11 is 0. The van der Waals surface area contributed by atoms with Crippen LogP contribution < -0.4 is 10.6 Å². The predicted octanol–water partition coefficient (Wildman–Crippen LogP) is 1.37. The fourth-order valence-corrected chi connectivity index (χ4v) is 2.47. The molecule has 6 nitrogen and oxygen atoms in total. The Kier molecular flexibility index (Phi) is 6.34. The molecule has 1 aliphatic rings. The zero-order chi connectivity index (χ0) is 17.6. The molecular formula is C18H27N3O3. The summed E-state index contributed by atoms with van der Waals surface area (Å²) in [5, 5.41) is 5.28. The third kappa shape index (κ3) is 5.62. The Hall–Kier alpha value is -1.92. The molecule has 0 radical (unpaired) electrons. The minimum atomic E-state index is -0.638. The maximum atomic E-state index is 11.9. The first-order chi connectivity index (χ1) is 11.4. The van der Waals surface area contributed by atoms with Crippen molar-refractivity contribution in [1.82, 2.24) is 10.2 Å². The topological polar surface area (TPSA) is 70.7 Å². The molecule has 0 atom stereocenters. The van der Waals surface area contributed by atoms with Crippen LogP contribution in [0.5, 0.6) is 0 Å². The van der Waals surface area contributed by atoms with Gasteiger partial charge in [0.05, 0.1) is 13.2 Å². The summed E-state index contributed by atoms with van der Waals surface area (Å²) in [6, 6.07) is 7.57. The fourth-order valence-electron chi connectivity index (χ4n) is 2.47. The van der Waals surface area contributed by atoms with E-state index >= 15 is 0 Å². The lowest BCUT2D eigenvalue weighted by Crippen LogP contribution is -2.43. The SMILES string of the molecule is CC(C)(C)c1ccc(NC(=O)C(=O)NCCN2CCOCC2)cc1. The molecule has 2 rings (SSSR count). The van der Waals surface area contributed by atoms with Gasteiger partial charge in [-0.05, 0) is 23.1 Å². The highest BCUT2D eigenvalue weighted by Crippen LogP contribution is 2.23. The molecule has 0 aromatic heterocycles. The quantitative estimate of drug-likeness (QED) is 0.817. The van der Waals surface area contributed by atoms with E-state index in [4.69, 9.17) is 4.74 Å². The van der Waals surface area contributed by atoms with Crippen LogP contribution in [0.15, 0.2) is 24.3 Å². The Morgan fingerprint density at radius 3 is 2.29 bits per heavy atom. The Labute approximate surface area is 143 Å². The summed E-state index contributed by atoms with van der Waals surface area (Å²) in [5.41, 5.74) is 1.85. The van der Waals surface area contributed by atoms with Crippen molar-refractivity contribution in [3.05, 3.63) is 29.8 Å². The van der Waals surface area contributed by atoms with Gasteiger partial charge in [-0.15, -0.1) is 0 Å². The smallest absolute Gasteiger partial charge is 0.313 e. The van der Waals surface area contributed by atoms with Crippen LogP contribution in [0, 0.1) is 0 Å². The monoisotopic (exact) mass is 333 g/mol. The number of hydrogen-bond acceptors (Lipinski definition) is 4. The molecule has 1 aromatic carbocycles. The molecule has 132 valence electrons. The van der Waals surface area contributed by atoms with Crippen molar-refractivity contribution in [2.45, 2.75) is 26.2 Å². The van der Waals surface area contributed by atoms with Crippen molar-refractivity contribution in [2.75, 3.05) is 44.7 Å². The Bertz CT molecular complexity index is 558. The molecule has 1 saturated heterocycles. The van der Waals surface area contributed by atoms with Gasteiger partial charge >= 0.3 is 11.8 Å². The maximum absolute atomic E-state index is 11.9. The molecule has 1 aliphatic heterocycles. The summed E-state index contributed by atoms with van der Waals surface area (Å²) in [6.45, 7) is 10.7. The van der Waals surface area contributed by atoms with Gasteiger partial charge in [-0.3, -0.25) is 14.5 Å². The number of carbonyl (C=O) groups excluding carboxylic acids is 2. The summed E-state index contributed by atoms with van der Waals surface area (Å²) in [5.74, 6) is -1.25. The number of carbonyl (C=O) groups is 2. The van der Waals surface area contributed by atoms with Crippen molar-refractivity contribution in [3.63, 3.8) is 0 Å². The van der Waals surface area contributed by atoms with E-state index in [9.17, 15) is 9.59 Å². The van der Waals surface area contributed by atoms with E-state index in [1.807, 2.05) is 24.3 Å². The van der Waals surface area contributed by atoms with Gasteiger partial charge in [-0.25, -0.2) is 0 Å². The standard InChI is InChI=1S/C18H27N3O3/c1-18(2,3)14-4-6-15(7-5-14)20-17(23)16(22)19-8-9-21-10-12-24-13-11-21/h4-7H,8-13H2,1-3H3,(H,19,22)(H,20,23). The molecule has 2 amide bonds. The number of benzene rings is 1. The van der Waals surface area contributed by atoms with E-state index in [0.29, 0.717) is 12.2 Å². The second-order valence-electron chi connectivity index (χ2n) is 6.99. The molecule has 0 saturated carbocycles. The van der Waals surface area contributed by atoms with Gasteiger partial charge < -0.3 is 15.4 Å². The molecule has 0 spiro atoms. The molecular weight excluding hydrogens is 306 g/mol. The van der Waals surface area contributed by atoms with Crippen LogP contribution >= 0.6 is 0 Å². The lowest BCUT2D eigenvalue weighted by Gasteiger charge is -2.26. The molecule has 0 unspecified atom stereocenters. The first kappa shape index (κ1) is 18.4. The summed E-state index contributed by atoms with van der Waals surface area (Å²) in [6.07, 6.45) is 0. The average Bonchev–Trinajstić information content (AvgIpc) is 2.55. The number of anilines is 1. The molecule has 1 fully saturated rings. The van der Waals surface area contributed by atoms with Crippen LogP contribution in [0.1, 0.15) is 26.3 Å². The zero-order valence-electron chi connectivity index (χ0n) is 14.7. The lowest BCUT2D eigenvalue weighted by atomic mass is 9.87. The van der Waals surface area contributed by atoms with Crippen LogP contribution in [-0.2, 0) is 19.7 Å². The van der Waals surface area contributed by atoms with E-state index in [1.165, 1.54) is 5.56 Å². The van der Waals surface area contributed by atoms with Crippen molar-refractivity contribution < 1.29 is 14.3 Å². The molecule has 0 aliphatic carbocycles. The number of hydrogen-bond donors (Lipinski definition) is 2. The van der Waals surface area contributed by atoms with Crippen LogP contribution in [0.3, 0.4) is 0 Å². The number of amides is 2. The zero-order valence-corrected chi connectivity index (χ0v) is 14.7. The number of rotatable bonds is 4. The van der Waals surface area contributed by atoms with Crippen LogP contribution in [0.2, 0.25) is 0 Å². The Morgan fingerprint density at radius 2 is 1.71 bits per heavy atom. The first-order valence-electron chi connectivity index (χ1n) is 8.36. The van der Waals surface area contributed by atoms with Gasteiger partial charge in [0, 0.05) is 31.9 Å². The molecule has 1 heterocycles. The van der Waals surface area contributed by atoms with E-state index in [2.05, 4.69) is 36.3 Å². The third-order valence-corrected chi connectivity index (χ3v) is 4.03. The van der Waals surface area contributed by atoms with Crippen molar-refractivity contribution >= 4 is 17.5 Å². The third-order valence-electron chi connectivity index (χ3n) is 4.03. The number of nitrogens with zero attached hydrogens (tertiary/aromatic N) is 1. The highest BCUT2D eigenvalue weighted by atomic mass is 16.5. The number of nitrogens with one attached hydrogen (secondary N) is 2. The molecule has 2 N–H and O–H groups in total. The van der Waals surface area contributed by atoms with E-state index in [0.717, 1.165) is 32.8 Å². The van der Waals surface area contributed by atoms with Gasteiger partial charge in [0.15, 0.2) is 0 Å². The highest BCUT2D eigenvalue weighted by Gasteiger charge is 2.16. The summed E-state index contributed by atoms with van der Waals surface area (Å²) in [7, 11) is 0. The molecule has 24 heavy (non-hydrogen) atoms. The van der Waals surface area contributed by atoms with Crippen LogP contribution in [-0.4, -0.2) is 56.1 Å². The van der Waals surface area contributed by atoms with E-state index in [1.54, 1.807) is 0 Å². The first-order valence-corrected chi connectivity index (χ1v) is 8.36. The normalized spacial score (nSPS) is 15.8. The Balaban J connectivity index is 1.75. The minimum absolute atomic E-state index is 0.0550. The maximum Gasteiger partial charge on any atom is 0.313 e. The van der Waals surface area contributed by atoms with Gasteiger partial charge in [0.1, 0.15) is 0 Å². The molecule has 6 heteroatoms. The summed E-state index contributed by atoms with van der Waals surface area (Å²) in [4.78, 5) is 26.0. The van der Waals surface area contributed by atoms with Gasteiger partial charge in [0.25, 0.3) is 0 Å². The van der Waals surface area contributed by atoms with Crippen molar-refractivity contribution in [2.24, 2.45) is 0 Å². The minimum Gasteiger partial charge on any atom is -0.379 e. The van der Waals surface area contributed by atoms with Crippen LogP contribution in [0.25, 0.3) is 0 Å². The second kappa shape index (κ2) is 8.26. The van der Waals surface area contributed by atoms with E-state index < -0.39 is 11.8 Å². The highest BCUT2D eigenvalue weighted by molar-refractivity contribution is 6.39. The average molecular weight is 333 g/mol. The fraction of sp³-hybridized carbons (Fsp3) is 0.556. The predicted molar refractivity (Wildman–Crippen MR) is 94.0 cm³/mol. The van der Waals surface area contributed by atoms with Gasteiger partial charge in [-0.1, -0.05) is 32.9 Å². The number of morpholine rings is 1. The largest absolute Gasteiger partial charge is 0.379 e. The van der Waals surface area contributed by atoms with Crippen molar-refractivity contribution in [3.8, 4) is 0 Å². The van der Waals surface area contributed by atoms with Gasteiger partial charge in [0.2, 0.25) is 0 Å². The molecule has 1 aromatic rings. The molecule has 0 bridgehead atoms. The van der Waals surface area contributed by atoms with Crippen LogP contribution in [0.4, 0.5) is 5.69 Å². The van der Waals surface area contributed by atoms with Gasteiger partial charge in [-0.2, -0.15) is 0 Å². The second-order valence-corrected chi connectivity index (χ2v) is 6.99. The number of ether oxygens (including phenoxy) is 1. The lowest BCUT2D eigenvalue weighted by molar-refractivity contribution is -0.136. The van der Waals surface area contributed by atoms with Crippen molar-refractivity contribution in [1.29, 1.82) is 0 Å². The summed E-state index contributed by atoms with van der Waals surface area (Å²) < 4.78 is 5.27. The van der Waals surface area contributed by atoms with E-state index in [-0.39, 0.29) is 5.41 Å².